The lowest BCUT2D eigenvalue weighted by molar-refractivity contribution is 0.301. The molecule has 0 saturated carbocycles. The standard InChI is InChI=1S/C15H23N3OS/c1-2-7-18(8-9-19)15-12(14(16)20)10-11-5-3-4-6-13(11)17-15/h10,19H,2-9H2,1H3,(H2,16,20). The minimum atomic E-state index is 0.107. The highest BCUT2D eigenvalue weighted by Crippen LogP contribution is 2.27. The quantitative estimate of drug-likeness (QED) is 0.783. The van der Waals surface area contributed by atoms with Crippen molar-refractivity contribution in [1.29, 1.82) is 0 Å². The Morgan fingerprint density at radius 1 is 1.40 bits per heavy atom. The zero-order valence-corrected chi connectivity index (χ0v) is 12.9. The summed E-state index contributed by atoms with van der Waals surface area (Å²) in [6.45, 7) is 3.63. The normalized spacial score (nSPS) is 13.9. The molecular formula is C15H23N3OS. The third kappa shape index (κ3) is 3.27. The van der Waals surface area contributed by atoms with Crippen LogP contribution in [0.4, 0.5) is 5.82 Å². The van der Waals surface area contributed by atoms with Gasteiger partial charge in [-0.1, -0.05) is 19.1 Å². The lowest BCUT2D eigenvalue weighted by Crippen LogP contribution is -2.31. The Hall–Kier alpha value is -1.20. The molecule has 20 heavy (non-hydrogen) atoms. The van der Waals surface area contributed by atoms with E-state index in [0.717, 1.165) is 37.2 Å². The molecule has 0 aliphatic heterocycles. The van der Waals surface area contributed by atoms with Crippen LogP contribution in [0.5, 0.6) is 0 Å². The smallest absolute Gasteiger partial charge is 0.139 e. The van der Waals surface area contributed by atoms with Crippen LogP contribution in [0.15, 0.2) is 6.07 Å². The van der Waals surface area contributed by atoms with Gasteiger partial charge in [0, 0.05) is 18.8 Å². The van der Waals surface area contributed by atoms with Crippen molar-refractivity contribution in [1.82, 2.24) is 4.98 Å². The first kappa shape index (κ1) is 15.2. The second-order valence-corrected chi connectivity index (χ2v) is 5.69. The maximum atomic E-state index is 9.26. The van der Waals surface area contributed by atoms with Crippen LogP contribution >= 0.6 is 12.2 Å². The van der Waals surface area contributed by atoms with Crippen LogP contribution in [0, 0.1) is 0 Å². The molecule has 1 heterocycles. The number of thiocarbonyl (C=S) groups is 1. The number of pyridine rings is 1. The Labute approximate surface area is 126 Å². The van der Waals surface area contributed by atoms with E-state index < -0.39 is 0 Å². The second kappa shape index (κ2) is 6.99. The fourth-order valence-corrected chi connectivity index (χ4v) is 2.91. The third-order valence-electron chi connectivity index (χ3n) is 3.71. The van der Waals surface area contributed by atoms with E-state index in [0.29, 0.717) is 11.5 Å². The molecule has 1 aromatic heterocycles. The highest BCUT2D eigenvalue weighted by molar-refractivity contribution is 7.80. The van der Waals surface area contributed by atoms with Crippen LogP contribution in [0.1, 0.15) is 43.0 Å². The van der Waals surface area contributed by atoms with E-state index in [4.69, 9.17) is 22.9 Å². The van der Waals surface area contributed by atoms with Crippen LogP contribution in [-0.2, 0) is 12.8 Å². The van der Waals surface area contributed by atoms with Crippen molar-refractivity contribution >= 4 is 23.0 Å². The molecule has 0 atom stereocenters. The average Bonchev–Trinajstić information content (AvgIpc) is 2.45. The van der Waals surface area contributed by atoms with Gasteiger partial charge in [0.2, 0.25) is 0 Å². The highest BCUT2D eigenvalue weighted by atomic mass is 32.1. The molecule has 3 N–H and O–H groups in total. The third-order valence-corrected chi connectivity index (χ3v) is 3.93. The molecule has 2 rings (SSSR count). The van der Waals surface area contributed by atoms with E-state index in [1.54, 1.807) is 0 Å². The van der Waals surface area contributed by atoms with Gasteiger partial charge in [-0.3, -0.25) is 0 Å². The van der Waals surface area contributed by atoms with E-state index in [-0.39, 0.29) is 6.61 Å². The summed E-state index contributed by atoms with van der Waals surface area (Å²) >= 11 is 5.19. The monoisotopic (exact) mass is 293 g/mol. The molecule has 0 amide bonds. The van der Waals surface area contributed by atoms with E-state index in [1.807, 2.05) is 0 Å². The largest absolute Gasteiger partial charge is 0.395 e. The Kier molecular flexibility index (Phi) is 5.31. The summed E-state index contributed by atoms with van der Waals surface area (Å²) in [7, 11) is 0. The number of nitrogens with two attached hydrogens (primary N) is 1. The molecule has 110 valence electrons. The molecule has 1 aromatic rings. The summed E-state index contributed by atoms with van der Waals surface area (Å²) in [5.41, 5.74) is 9.18. The summed E-state index contributed by atoms with van der Waals surface area (Å²) in [4.78, 5) is 7.29. The Morgan fingerprint density at radius 3 is 2.80 bits per heavy atom. The van der Waals surface area contributed by atoms with Gasteiger partial charge in [-0.05, 0) is 43.7 Å². The van der Waals surface area contributed by atoms with Gasteiger partial charge >= 0.3 is 0 Å². The van der Waals surface area contributed by atoms with Crippen molar-refractivity contribution in [3.05, 3.63) is 22.9 Å². The number of anilines is 1. The maximum Gasteiger partial charge on any atom is 0.139 e. The van der Waals surface area contributed by atoms with Crippen molar-refractivity contribution in [3.8, 4) is 0 Å². The van der Waals surface area contributed by atoms with Gasteiger partial charge in [-0.25, -0.2) is 4.98 Å². The number of aliphatic hydroxyl groups is 1. The lowest BCUT2D eigenvalue weighted by atomic mass is 9.94. The average molecular weight is 293 g/mol. The zero-order valence-electron chi connectivity index (χ0n) is 12.1. The number of fused-ring (bicyclic) bond motifs is 1. The van der Waals surface area contributed by atoms with Crippen LogP contribution in [0.25, 0.3) is 0 Å². The second-order valence-electron chi connectivity index (χ2n) is 5.25. The first-order valence-electron chi connectivity index (χ1n) is 7.35. The summed E-state index contributed by atoms with van der Waals surface area (Å²) in [6.07, 6.45) is 5.49. The molecule has 0 radical (unpaired) electrons. The maximum absolute atomic E-state index is 9.26. The van der Waals surface area contributed by atoms with E-state index in [9.17, 15) is 5.11 Å². The Balaban J connectivity index is 2.45. The van der Waals surface area contributed by atoms with E-state index >= 15 is 0 Å². The zero-order chi connectivity index (χ0) is 14.5. The van der Waals surface area contributed by atoms with Gasteiger partial charge in [0.15, 0.2) is 0 Å². The Bertz CT molecular complexity index is 484. The van der Waals surface area contributed by atoms with Crippen molar-refractivity contribution in [2.24, 2.45) is 5.73 Å². The predicted molar refractivity (Wildman–Crippen MR) is 86.4 cm³/mol. The van der Waals surface area contributed by atoms with Crippen molar-refractivity contribution in [2.45, 2.75) is 39.0 Å². The molecule has 0 saturated heterocycles. The van der Waals surface area contributed by atoms with Gasteiger partial charge in [-0.2, -0.15) is 0 Å². The molecule has 0 bridgehead atoms. The molecule has 0 unspecified atom stereocenters. The van der Waals surface area contributed by atoms with Gasteiger partial charge in [0.1, 0.15) is 10.8 Å². The summed E-state index contributed by atoms with van der Waals surface area (Å²) in [5, 5.41) is 9.26. The summed E-state index contributed by atoms with van der Waals surface area (Å²) in [6, 6.07) is 2.11. The molecule has 0 fully saturated rings. The first-order chi connectivity index (χ1) is 9.67. The number of aliphatic hydroxyl groups excluding tert-OH is 1. The van der Waals surface area contributed by atoms with Gasteiger partial charge in [-0.15, -0.1) is 0 Å². The predicted octanol–water partition coefficient (Wildman–Crippen LogP) is 1.80. The van der Waals surface area contributed by atoms with Crippen LogP contribution in [0.2, 0.25) is 0 Å². The lowest BCUT2D eigenvalue weighted by Gasteiger charge is -2.27. The SMILES string of the molecule is CCCN(CCO)c1nc2c(cc1C(N)=S)CCCC2. The van der Waals surface area contributed by atoms with Crippen LogP contribution in [-0.4, -0.2) is 34.8 Å². The van der Waals surface area contributed by atoms with Crippen molar-refractivity contribution in [2.75, 3.05) is 24.6 Å². The Morgan fingerprint density at radius 2 is 2.15 bits per heavy atom. The number of aryl methyl sites for hydroxylation is 2. The molecular weight excluding hydrogens is 270 g/mol. The fraction of sp³-hybridized carbons (Fsp3) is 0.600. The van der Waals surface area contributed by atoms with Crippen molar-refractivity contribution < 1.29 is 5.11 Å². The fourth-order valence-electron chi connectivity index (χ4n) is 2.76. The van der Waals surface area contributed by atoms with E-state index in [1.165, 1.54) is 24.1 Å². The molecule has 1 aliphatic carbocycles. The summed E-state index contributed by atoms with van der Waals surface area (Å²) in [5.74, 6) is 0.842. The van der Waals surface area contributed by atoms with Crippen LogP contribution < -0.4 is 10.6 Å². The molecule has 1 aliphatic rings. The molecule has 4 nitrogen and oxygen atoms in total. The highest BCUT2D eigenvalue weighted by Gasteiger charge is 2.19. The number of aromatic nitrogens is 1. The summed E-state index contributed by atoms with van der Waals surface area (Å²) < 4.78 is 0. The molecule has 0 spiro atoms. The van der Waals surface area contributed by atoms with Gasteiger partial charge < -0.3 is 15.7 Å². The molecule has 0 aromatic carbocycles. The van der Waals surface area contributed by atoms with Crippen molar-refractivity contribution in [3.63, 3.8) is 0 Å². The minimum Gasteiger partial charge on any atom is -0.395 e. The number of hydrogen-bond donors (Lipinski definition) is 2. The number of hydrogen-bond acceptors (Lipinski definition) is 4. The van der Waals surface area contributed by atoms with Crippen LogP contribution in [0.3, 0.4) is 0 Å². The van der Waals surface area contributed by atoms with E-state index in [2.05, 4.69) is 17.9 Å². The first-order valence-corrected chi connectivity index (χ1v) is 7.76. The minimum absolute atomic E-state index is 0.107. The molecule has 5 heteroatoms. The number of nitrogens with zero attached hydrogens (tertiary/aromatic N) is 2. The van der Waals surface area contributed by atoms with Gasteiger partial charge in [0.05, 0.1) is 12.2 Å². The number of rotatable bonds is 6. The topological polar surface area (TPSA) is 62.4 Å². The van der Waals surface area contributed by atoms with Gasteiger partial charge in [0.25, 0.3) is 0 Å².